The second kappa shape index (κ2) is 8.32. The van der Waals surface area contributed by atoms with E-state index in [1.54, 1.807) is 24.3 Å². The van der Waals surface area contributed by atoms with E-state index in [-0.39, 0.29) is 22.4 Å². The van der Waals surface area contributed by atoms with E-state index < -0.39 is 5.97 Å². The minimum atomic E-state index is -0.581. The van der Waals surface area contributed by atoms with Gasteiger partial charge in [0.2, 0.25) is 0 Å². The smallest absolute Gasteiger partial charge is 0.339 e. The number of anilines is 1. The summed E-state index contributed by atoms with van der Waals surface area (Å²) in [5, 5.41) is 12.1. The van der Waals surface area contributed by atoms with E-state index in [4.69, 9.17) is 16.9 Å². The van der Waals surface area contributed by atoms with Crippen molar-refractivity contribution in [3.63, 3.8) is 0 Å². The Bertz CT molecular complexity index is 843. The minimum Gasteiger partial charge on any atom is -0.465 e. The maximum atomic E-state index is 12.5. The average Bonchev–Trinajstić information content (AvgIpc) is 2.64. The number of hydrogen-bond acceptors (Lipinski definition) is 4. The molecule has 0 radical (unpaired) electrons. The standard InChI is InChI=1S/C19H17ClN2O3/c1-3-12(11-21)13-5-4-6-14(9-13)18(23)22-15-7-8-17(20)16(10-15)19(24)25-2/h4-10,12H,3H2,1-2H3,(H,22,23). The molecule has 1 unspecified atom stereocenters. The van der Waals surface area contributed by atoms with Gasteiger partial charge in [0, 0.05) is 11.3 Å². The number of carbonyl (C=O) groups excluding carboxylic acids is 2. The van der Waals surface area contributed by atoms with E-state index in [9.17, 15) is 9.59 Å². The van der Waals surface area contributed by atoms with Crippen molar-refractivity contribution in [3.8, 4) is 6.07 Å². The number of hydrogen-bond donors (Lipinski definition) is 1. The van der Waals surface area contributed by atoms with Crippen LogP contribution in [-0.2, 0) is 4.74 Å². The Kier molecular flexibility index (Phi) is 6.15. The zero-order valence-corrected chi connectivity index (χ0v) is 14.6. The number of halogens is 1. The normalized spacial score (nSPS) is 11.3. The molecule has 2 aromatic rings. The fourth-order valence-corrected chi connectivity index (χ4v) is 2.57. The van der Waals surface area contributed by atoms with E-state index in [0.717, 1.165) is 5.56 Å². The van der Waals surface area contributed by atoms with Gasteiger partial charge in [-0.15, -0.1) is 0 Å². The van der Waals surface area contributed by atoms with Crippen LogP contribution in [0.2, 0.25) is 5.02 Å². The summed E-state index contributed by atoms with van der Waals surface area (Å²) in [4.78, 5) is 24.1. The van der Waals surface area contributed by atoms with Gasteiger partial charge in [0.1, 0.15) is 0 Å². The summed E-state index contributed by atoms with van der Waals surface area (Å²) in [6.45, 7) is 1.92. The molecule has 128 valence electrons. The number of methoxy groups -OCH3 is 1. The number of esters is 1. The third-order valence-electron chi connectivity index (χ3n) is 3.74. The number of ether oxygens (including phenoxy) is 1. The fourth-order valence-electron chi connectivity index (χ4n) is 2.37. The highest BCUT2D eigenvalue weighted by Gasteiger charge is 2.15. The highest BCUT2D eigenvalue weighted by molar-refractivity contribution is 6.33. The van der Waals surface area contributed by atoms with Gasteiger partial charge in [-0.2, -0.15) is 5.26 Å². The van der Waals surface area contributed by atoms with Crippen LogP contribution in [0.5, 0.6) is 0 Å². The highest BCUT2D eigenvalue weighted by atomic mass is 35.5. The molecule has 0 spiro atoms. The first-order valence-electron chi connectivity index (χ1n) is 7.69. The number of rotatable bonds is 5. The van der Waals surface area contributed by atoms with Gasteiger partial charge in [-0.1, -0.05) is 30.7 Å². The second-order valence-corrected chi connectivity index (χ2v) is 5.76. The van der Waals surface area contributed by atoms with Gasteiger partial charge in [-0.05, 0) is 42.3 Å². The van der Waals surface area contributed by atoms with E-state index in [1.807, 2.05) is 13.0 Å². The summed E-state index contributed by atoms with van der Waals surface area (Å²) in [6, 6.07) is 13.7. The SMILES string of the molecule is CCC(C#N)c1cccc(C(=O)Nc2ccc(Cl)c(C(=O)OC)c2)c1. The van der Waals surface area contributed by atoms with Crippen LogP contribution in [0.3, 0.4) is 0 Å². The molecule has 0 saturated heterocycles. The van der Waals surface area contributed by atoms with Gasteiger partial charge < -0.3 is 10.1 Å². The van der Waals surface area contributed by atoms with Gasteiger partial charge in [0.25, 0.3) is 5.91 Å². The molecule has 25 heavy (non-hydrogen) atoms. The molecule has 0 saturated carbocycles. The lowest BCUT2D eigenvalue weighted by atomic mass is 9.96. The highest BCUT2D eigenvalue weighted by Crippen LogP contribution is 2.23. The van der Waals surface area contributed by atoms with Crippen molar-refractivity contribution in [1.29, 1.82) is 5.26 Å². The third kappa shape index (κ3) is 4.37. The molecule has 0 bridgehead atoms. The molecule has 5 nitrogen and oxygen atoms in total. The number of carbonyl (C=O) groups is 2. The Labute approximate surface area is 151 Å². The molecule has 0 aliphatic rings. The Morgan fingerprint density at radius 3 is 2.68 bits per heavy atom. The molecule has 0 fully saturated rings. The lowest BCUT2D eigenvalue weighted by molar-refractivity contribution is 0.0600. The monoisotopic (exact) mass is 356 g/mol. The number of amides is 1. The van der Waals surface area contributed by atoms with Crippen LogP contribution in [0.15, 0.2) is 42.5 Å². The summed E-state index contributed by atoms with van der Waals surface area (Å²) < 4.78 is 4.66. The average molecular weight is 357 g/mol. The molecule has 0 heterocycles. The van der Waals surface area contributed by atoms with Crippen LogP contribution in [-0.4, -0.2) is 19.0 Å². The van der Waals surface area contributed by atoms with Gasteiger partial charge in [-0.25, -0.2) is 4.79 Å². The molecule has 0 aliphatic heterocycles. The molecular weight excluding hydrogens is 340 g/mol. The van der Waals surface area contributed by atoms with E-state index >= 15 is 0 Å². The first kappa shape index (κ1) is 18.5. The number of benzene rings is 2. The summed E-state index contributed by atoms with van der Waals surface area (Å²) in [5.74, 6) is -1.18. The zero-order chi connectivity index (χ0) is 18.4. The molecule has 0 aliphatic carbocycles. The van der Waals surface area contributed by atoms with Crippen LogP contribution < -0.4 is 5.32 Å². The van der Waals surface area contributed by atoms with E-state index in [2.05, 4.69) is 16.1 Å². The maximum Gasteiger partial charge on any atom is 0.339 e. The molecule has 6 heteroatoms. The van der Waals surface area contributed by atoms with Crippen LogP contribution in [0.4, 0.5) is 5.69 Å². The minimum absolute atomic E-state index is 0.172. The number of nitriles is 1. The summed E-state index contributed by atoms with van der Waals surface area (Å²) in [7, 11) is 1.26. The van der Waals surface area contributed by atoms with Crippen molar-refractivity contribution in [3.05, 3.63) is 64.2 Å². The molecule has 1 amide bonds. The van der Waals surface area contributed by atoms with Gasteiger partial charge in [-0.3, -0.25) is 4.79 Å². The summed E-state index contributed by atoms with van der Waals surface area (Å²) in [5.41, 5.74) is 1.82. The molecule has 1 atom stereocenters. The topological polar surface area (TPSA) is 79.2 Å². The maximum absolute atomic E-state index is 12.5. The lowest BCUT2D eigenvalue weighted by Gasteiger charge is -2.10. The van der Waals surface area contributed by atoms with Crippen molar-refractivity contribution in [2.24, 2.45) is 0 Å². The number of nitrogens with one attached hydrogen (secondary N) is 1. The Hall–Kier alpha value is -2.84. The first-order valence-corrected chi connectivity index (χ1v) is 8.06. The Morgan fingerprint density at radius 1 is 1.28 bits per heavy atom. The van der Waals surface area contributed by atoms with Crippen molar-refractivity contribution in [2.45, 2.75) is 19.3 Å². The van der Waals surface area contributed by atoms with Gasteiger partial charge >= 0.3 is 5.97 Å². The van der Waals surface area contributed by atoms with Crippen molar-refractivity contribution in [2.75, 3.05) is 12.4 Å². The predicted molar refractivity (Wildman–Crippen MR) is 95.8 cm³/mol. The molecular formula is C19H17ClN2O3. The van der Waals surface area contributed by atoms with Gasteiger partial charge in [0.05, 0.1) is 29.7 Å². The van der Waals surface area contributed by atoms with Crippen LogP contribution in [0.1, 0.15) is 45.5 Å². The quantitative estimate of drug-likeness (QED) is 0.805. The zero-order valence-electron chi connectivity index (χ0n) is 13.9. The van der Waals surface area contributed by atoms with Crippen molar-refractivity contribution in [1.82, 2.24) is 0 Å². The van der Waals surface area contributed by atoms with Crippen LogP contribution >= 0.6 is 11.6 Å². The fraction of sp³-hybridized carbons (Fsp3) is 0.211. The largest absolute Gasteiger partial charge is 0.465 e. The molecule has 2 aromatic carbocycles. The Balaban J connectivity index is 2.25. The van der Waals surface area contributed by atoms with Crippen LogP contribution in [0.25, 0.3) is 0 Å². The number of nitrogens with zero attached hydrogens (tertiary/aromatic N) is 1. The molecule has 1 N–H and O–H groups in total. The van der Waals surface area contributed by atoms with E-state index in [1.165, 1.54) is 19.2 Å². The molecule has 2 rings (SSSR count). The van der Waals surface area contributed by atoms with Crippen molar-refractivity contribution < 1.29 is 14.3 Å². The summed E-state index contributed by atoms with van der Waals surface area (Å²) in [6.07, 6.45) is 0.668. The third-order valence-corrected chi connectivity index (χ3v) is 4.07. The van der Waals surface area contributed by atoms with E-state index in [0.29, 0.717) is 17.7 Å². The van der Waals surface area contributed by atoms with Gasteiger partial charge in [0.15, 0.2) is 0 Å². The predicted octanol–water partition coefficient (Wildman–Crippen LogP) is 4.40. The molecule has 0 aromatic heterocycles. The van der Waals surface area contributed by atoms with Crippen LogP contribution in [0, 0.1) is 11.3 Å². The summed E-state index contributed by atoms with van der Waals surface area (Å²) >= 11 is 5.97. The Morgan fingerprint density at radius 2 is 2.04 bits per heavy atom. The first-order chi connectivity index (χ1) is 12.0. The second-order valence-electron chi connectivity index (χ2n) is 5.36. The van der Waals surface area contributed by atoms with Crippen molar-refractivity contribution >= 4 is 29.2 Å². The lowest BCUT2D eigenvalue weighted by Crippen LogP contribution is -2.13.